The van der Waals surface area contributed by atoms with E-state index in [1.54, 1.807) is 0 Å². The van der Waals surface area contributed by atoms with Gasteiger partial charge in [0.25, 0.3) is 0 Å². The van der Waals surface area contributed by atoms with E-state index in [9.17, 15) is 0 Å². The summed E-state index contributed by atoms with van der Waals surface area (Å²) in [6.07, 6.45) is 1.29. The van der Waals surface area contributed by atoms with E-state index in [-0.39, 0.29) is 30.7 Å². The van der Waals surface area contributed by atoms with Crippen LogP contribution in [0.25, 0.3) is 0 Å². The van der Waals surface area contributed by atoms with Crippen molar-refractivity contribution in [3.8, 4) is 0 Å². The average Bonchev–Trinajstić information content (AvgIpc) is 3.11. The Hall–Kier alpha value is -0.280. The van der Waals surface area contributed by atoms with Gasteiger partial charge in [-0.25, -0.2) is 0 Å². The fraction of sp³-hybridized carbons (Fsp3) is 1.00. The van der Waals surface area contributed by atoms with Crippen LogP contribution in [-0.2, 0) is 33.2 Å². The Morgan fingerprint density at radius 1 is 0.917 bits per heavy atom. The zero-order chi connectivity index (χ0) is 16.9. The summed E-state index contributed by atoms with van der Waals surface area (Å²) >= 11 is 0. The molecule has 0 bridgehead atoms. The molecule has 0 aromatic carbocycles. The lowest BCUT2D eigenvalue weighted by atomic mass is 10.1. The third kappa shape index (κ3) is 3.35. The zero-order valence-electron chi connectivity index (χ0n) is 14.9. The van der Waals surface area contributed by atoms with Crippen molar-refractivity contribution in [3.05, 3.63) is 0 Å². The monoisotopic (exact) mass is 344 g/mol. The smallest absolute Gasteiger partial charge is 0.190 e. The molecule has 4 rings (SSSR count). The lowest BCUT2D eigenvalue weighted by Gasteiger charge is -2.32. The number of hydrogen-bond acceptors (Lipinski definition) is 7. The van der Waals surface area contributed by atoms with Crippen LogP contribution >= 0.6 is 0 Å². The highest BCUT2D eigenvalue weighted by Gasteiger charge is 2.59. The maximum absolute atomic E-state index is 6.26. The number of ether oxygens (including phenoxy) is 7. The Labute approximate surface area is 142 Å². The second-order valence-corrected chi connectivity index (χ2v) is 7.83. The summed E-state index contributed by atoms with van der Waals surface area (Å²) in [5.74, 6) is -1.29. The van der Waals surface area contributed by atoms with Crippen molar-refractivity contribution < 1.29 is 33.2 Å². The lowest BCUT2D eigenvalue weighted by Crippen LogP contribution is -2.46. The molecule has 138 valence electrons. The molecule has 4 aliphatic heterocycles. The van der Waals surface area contributed by atoms with Crippen molar-refractivity contribution in [2.24, 2.45) is 0 Å². The molecule has 0 N–H and O–H groups in total. The predicted molar refractivity (Wildman–Crippen MR) is 82.1 cm³/mol. The average molecular weight is 344 g/mol. The minimum atomic E-state index is -0.679. The van der Waals surface area contributed by atoms with Crippen LogP contribution in [0.5, 0.6) is 0 Å². The molecular formula is C17H28O7. The second kappa shape index (κ2) is 6.16. The highest BCUT2D eigenvalue weighted by molar-refractivity contribution is 4.99. The quantitative estimate of drug-likeness (QED) is 0.775. The van der Waals surface area contributed by atoms with Gasteiger partial charge in [0.1, 0.15) is 24.4 Å². The van der Waals surface area contributed by atoms with Crippen LogP contribution in [0.1, 0.15) is 47.0 Å². The Balaban J connectivity index is 1.50. The summed E-state index contributed by atoms with van der Waals surface area (Å²) in [5, 5.41) is 0. The van der Waals surface area contributed by atoms with E-state index >= 15 is 0 Å². The third-order valence-corrected chi connectivity index (χ3v) is 4.87. The number of hydrogen-bond donors (Lipinski definition) is 0. The summed E-state index contributed by atoms with van der Waals surface area (Å²) in [6.45, 7) is 8.77. The van der Waals surface area contributed by atoms with E-state index in [1.165, 1.54) is 0 Å². The van der Waals surface area contributed by atoms with E-state index in [4.69, 9.17) is 33.2 Å². The first-order valence-corrected chi connectivity index (χ1v) is 8.93. The standard InChI is InChI=1S/C17H28O7/c1-16(2)19-9-10(22-16)12-13(20-11-7-5-6-8-18-11)14-15(21-12)24-17(3,4)23-14/h10-15H,5-9H2,1-4H3. The molecule has 6 atom stereocenters. The van der Waals surface area contributed by atoms with Crippen molar-refractivity contribution in [3.63, 3.8) is 0 Å². The van der Waals surface area contributed by atoms with Gasteiger partial charge < -0.3 is 33.2 Å². The fourth-order valence-electron chi connectivity index (χ4n) is 3.83. The Morgan fingerprint density at radius 2 is 1.75 bits per heavy atom. The fourth-order valence-corrected chi connectivity index (χ4v) is 3.83. The summed E-state index contributed by atoms with van der Waals surface area (Å²) in [6, 6.07) is 0. The summed E-state index contributed by atoms with van der Waals surface area (Å²) in [5.41, 5.74) is 0. The van der Waals surface area contributed by atoms with E-state index in [1.807, 2.05) is 27.7 Å². The molecule has 0 spiro atoms. The van der Waals surface area contributed by atoms with Crippen molar-refractivity contribution in [1.82, 2.24) is 0 Å². The molecule has 6 unspecified atom stereocenters. The van der Waals surface area contributed by atoms with Gasteiger partial charge in [0, 0.05) is 6.61 Å². The van der Waals surface area contributed by atoms with Crippen LogP contribution in [0.15, 0.2) is 0 Å². The first kappa shape index (κ1) is 17.1. The zero-order valence-corrected chi connectivity index (χ0v) is 14.9. The topological polar surface area (TPSA) is 64.6 Å². The maximum Gasteiger partial charge on any atom is 0.190 e. The van der Waals surface area contributed by atoms with E-state index < -0.39 is 17.9 Å². The molecule has 4 saturated heterocycles. The molecule has 4 fully saturated rings. The molecular weight excluding hydrogens is 316 g/mol. The lowest BCUT2D eigenvalue weighted by molar-refractivity contribution is -0.259. The molecule has 0 aromatic rings. The van der Waals surface area contributed by atoms with Crippen molar-refractivity contribution >= 4 is 0 Å². The Bertz CT molecular complexity index is 460. The van der Waals surface area contributed by atoms with Crippen LogP contribution in [-0.4, -0.2) is 61.8 Å². The maximum atomic E-state index is 6.26. The van der Waals surface area contributed by atoms with Crippen LogP contribution in [0.2, 0.25) is 0 Å². The minimum Gasteiger partial charge on any atom is -0.353 e. The molecule has 24 heavy (non-hydrogen) atoms. The molecule has 0 saturated carbocycles. The van der Waals surface area contributed by atoms with Gasteiger partial charge in [-0.1, -0.05) is 0 Å². The van der Waals surface area contributed by atoms with Gasteiger partial charge in [0.05, 0.1) is 6.61 Å². The molecule has 4 heterocycles. The van der Waals surface area contributed by atoms with Crippen LogP contribution in [0.3, 0.4) is 0 Å². The predicted octanol–water partition coefficient (Wildman–Crippen LogP) is 1.93. The van der Waals surface area contributed by atoms with Crippen LogP contribution in [0.4, 0.5) is 0 Å². The number of rotatable bonds is 3. The largest absolute Gasteiger partial charge is 0.353 e. The van der Waals surface area contributed by atoms with E-state index in [0.717, 1.165) is 25.9 Å². The van der Waals surface area contributed by atoms with E-state index in [0.29, 0.717) is 6.61 Å². The van der Waals surface area contributed by atoms with Gasteiger partial charge in [-0.3, -0.25) is 0 Å². The second-order valence-electron chi connectivity index (χ2n) is 7.83. The highest BCUT2D eigenvalue weighted by atomic mass is 16.9. The van der Waals surface area contributed by atoms with Crippen LogP contribution in [0, 0.1) is 0 Å². The highest BCUT2D eigenvalue weighted by Crippen LogP contribution is 2.42. The van der Waals surface area contributed by atoms with E-state index in [2.05, 4.69) is 0 Å². The molecule has 0 aliphatic carbocycles. The molecule has 0 radical (unpaired) electrons. The number of fused-ring (bicyclic) bond motifs is 1. The first-order chi connectivity index (χ1) is 11.3. The first-order valence-electron chi connectivity index (χ1n) is 8.93. The summed E-state index contributed by atoms with van der Waals surface area (Å²) in [4.78, 5) is 0. The van der Waals surface area contributed by atoms with Gasteiger partial charge in [-0.05, 0) is 47.0 Å². The molecule has 0 aromatic heterocycles. The Morgan fingerprint density at radius 3 is 2.42 bits per heavy atom. The van der Waals surface area contributed by atoms with Crippen molar-refractivity contribution in [2.45, 2.75) is 95.5 Å². The molecule has 0 amide bonds. The molecule has 7 nitrogen and oxygen atoms in total. The minimum absolute atomic E-state index is 0.213. The Kier molecular flexibility index (Phi) is 4.40. The summed E-state index contributed by atoms with van der Waals surface area (Å²) < 4.78 is 41.7. The van der Waals surface area contributed by atoms with Gasteiger partial charge in [-0.2, -0.15) is 0 Å². The van der Waals surface area contributed by atoms with Gasteiger partial charge in [-0.15, -0.1) is 0 Å². The summed E-state index contributed by atoms with van der Waals surface area (Å²) in [7, 11) is 0. The molecule has 7 heteroatoms. The van der Waals surface area contributed by atoms with Crippen molar-refractivity contribution in [2.75, 3.05) is 13.2 Å². The normalized spacial score (nSPS) is 47.0. The van der Waals surface area contributed by atoms with Gasteiger partial charge >= 0.3 is 0 Å². The third-order valence-electron chi connectivity index (χ3n) is 4.87. The van der Waals surface area contributed by atoms with Gasteiger partial charge in [0.2, 0.25) is 0 Å². The SMILES string of the molecule is CC1(C)OCC(C2OC3OC(C)(C)OC3C2OC2CCCCO2)O1. The van der Waals surface area contributed by atoms with Crippen molar-refractivity contribution in [1.29, 1.82) is 0 Å². The van der Waals surface area contributed by atoms with Gasteiger partial charge in [0.15, 0.2) is 24.2 Å². The molecule has 4 aliphatic rings. The van der Waals surface area contributed by atoms with Crippen LogP contribution < -0.4 is 0 Å².